The van der Waals surface area contributed by atoms with E-state index in [1.165, 1.54) is 21.8 Å². The Morgan fingerprint density at radius 2 is 1.67 bits per heavy atom. The highest BCUT2D eigenvalue weighted by molar-refractivity contribution is 6.11. The molecule has 0 fully saturated rings. The maximum atomic E-state index is 6.10. The van der Waals surface area contributed by atoms with Crippen LogP contribution in [0.2, 0.25) is 0 Å². The van der Waals surface area contributed by atoms with Gasteiger partial charge in [-0.3, -0.25) is 0 Å². The van der Waals surface area contributed by atoms with Crippen molar-refractivity contribution in [1.82, 2.24) is 4.57 Å². The Morgan fingerprint density at radius 1 is 0.952 bits per heavy atom. The van der Waals surface area contributed by atoms with Gasteiger partial charge in [0.15, 0.2) is 0 Å². The van der Waals surface area contributed by atoms with Crippen LogP contribution in [0, 0.1) is 5.41 Å². The van der Waals surface area contributed by atoms with Crippen LogP contribution in [0.3, 0.4) is 0 Å². The van der Waals surface area contributed by atoms with Crippen molar-refractivity contribution in [3.05, 3.63) is 42.5 Å². The van der Waals surface area contributed by atoms with E-state index in [1.54, 1.807) is 0 Å². The van der Waals surface area contributed by atoms with Crippen LogP contribution in [-0.4, -0.2) is 11.2 Å². The van der Waals surface area contributed by atoms with E-state index in [4.69, 9.17) is 4.74 Å². The molecule has 0 unspecified atom stereocenters. The molecule has 0 saturated heterocycles. The van der Waals surface area contributed by atoms with E-state index in [2.05, 4.69) is 74.9 Å². The lowest BCUT2D eigenvalue weighted by Gasteiger charge is -2.18. The predicted octanol–water partition coefficient (Wildman–Crippen LogP) is 5.15. The Morgan fingerprint density at radius 3 is 2.43 bits per heavy atom. The molecule has 0 aliphatic heterocycles. The summed E-state index contributed by atoms with van der Waals surface area (Å²) in [5.74, 6) is 0.994. The summed E-state index contributed by atoms with van der Waals surface area (Å²) in [7, 11) is 2.11. The summed E-state index contributed by atoms with van der Waals surface area (Å²) in [5, 5.41) is 2.49. The second-order valence-corrected chi connectivity index (χ2v) is 6.89. The van der Waals surface area contributed by atoms with Crippen molar-refractivity contribution in [3.63, 3.8) is 0 Å². The molecule has 0 atom stereocenters. The van der Waals surface area contributed by atoms with E-state index in [0.29, 0.717) is 5.41 Å². The second kappa shape index (κ2) is 5.10. The molecule has 3 aromatic rings. The summed E-state index contributed by atoms with van der Waals surface area (Å²) in [6.07, 6.45) is 1.05. The van der Waals surface area contributed by atoms with Gasteiger partial charge in [-0.1, -0.05) is 45.0 Å². The van der Waals surface area contributed by atoms with Crippen molar-refractivity contribution >= 4 is 21.8 Å². The molecule has 1 heterocycles. The topological polar surface area (TPSA) is 14.2 Å². The third-order valence-electron chi connectivity index (χ3n) is 4.01. The number of rotatable bonds is 3. The predicted molar refractivity (Wildman–Crippen MR) is 90.0 cm³/mol. The summed E-state index contributed by atoms with van der Waals surface area (Å²) in [5.41, 5.74) is 2.77. The van der Waals surface area contributed by atoms with Gasteiger partial charge in [0, 0.05) is 23.3 Å². The molecule has 1 aromatic heterocycles. The van der Waals surface area contributed by atoms with Crippen molar-refractivity contribution in [1.29, 1.82) is 0 Å². The van der Waals surface area contributed by atoms with Crippen molar-refractivity contribution in [2.45, 2.75) is 27.2 Å². The highest BCUT2D eigenvalue weighted by atomic mass is 16.5. The monoisotopic (exact) mass is 281 g/mol. The average molecular weight is 281 g/mol. The van der Waals surface area contributed by atoms with E-state index in [1.807, 2.05) is 0 Å². The first-order chi connectivity index (χ1) is 9.97. The highest BCUT2D eigenvalue weighted by Gasteiger charge is 2.14. The Hall–Kier alpha value is -1.96. The summed E-state index contributed by atoms with van der Waals surface area (Å²) >= 11 is 0. The molecule has 0 radical (unpaired) electrons. The lowest BCUT2D eigenvalue weighted by Crippen LogP contribution is -2.11. The van der Waals surface area contributed by atoms with Gasteiger partial charge in [0.2, 0.25) is 0 Å². The number of hydrogen-bond donors (Lipinski definition) is 0. The van der Waals surface area contributed by atoms with Crippen LogP contribution >= 0.6 is 0 Å². The summed E-state index contributed by atoms with van der Waals surface area (Å²) in [6, 6.07) is 14.8. The van der Waals surface area contributed by atoms with Crippen LogP contribution in [0.25, 0.3) is 21.8 Å². The fourth-order valence-electron chi connectivity index (χ4n) is 2.76. The van der Waals surface area contributed by atoms with Crippen LogP contribution in [0.5, 0.6) is 5.75 Å². The molecule has 3 rings (SSSR count). The van der Waals surface area contributed by atoms with Crippen molar-refractivity contribution in [2.24, 2.45) is 12.5 Å². The molecule has 110 valence electrons. The molecule has 0 aliphatic carbocycles. The first kappa shape index (κ1) is 14.0. The van der Waals surface area contributed by atoms with Crippen LogP contribution < -0.4 is 4.74 Å². The second-order valence-electron chi connectivity index (χ2n) is 6.89. The van der Waals surface area contributed by atoms with Crippen molar-refractivity contribution in [2.75, 3.05) is 6.61 Å². The zero-order chi connectivity index (χ0) is 15.0. The van der Waals surface area contributed by atoms with Crippen LogP contribution in [0.15, 0.2) is 42.5 Å². The van der Waals surface area contributed by atoms with E-state index in [0.717, 1.165) is 18.8 Å². The number of benzene rings is 2. The molecule has 2 nitrogen and oxygen atoms in total. The van der Waals surface area contributed by atoms with E-state index in [-0.39, 0.29) is 0 Å². The number of aromatic nitrogens is 1. The molecule has 0 bridgehead atoms. The molecule has 0 aliphatic rings. The lowest BCUT2D eigenvalue weighted by atomic mass is 9.93. The molecule has 2 aromatic carbocycles. The standard InChI is InChI=1S/C19H23NO/c1-19(2,3)12-13-21-17-11-7-10-16-18(17)14-8-5-6-9-15(14)20(16)4/h5-11H,12-13H2,1-4H3. The van der Waals surface area contributed by atoms with Crippen LogP contribution in [0.4, 0.5) is 0 Å². The number of nitrogens with zero attached hydrogens (tertiary/aromatic N) is 1. The van der Waals surface area contributed by atoms with E-state index >= 15 is 0 Å². The zero-order valence-corrected chi connectivity index (χ0v) is 13.3. The summed E-state index contributed by atoms with van der Waals surface area (Å²) < 4.78 is 8.34. The maximum absolute atomic E-state index is 6.10. The number of para-hydroxylation sites is 1. The molecular formula is C19H23NO. The Kier molecular flexibility index (Phi) is 3.40. The van der Waals surface area contributed by atoms with Gasteiger partial charge in [-0.2, -0.15) is 0 Å². The molecule has 21 heavy (non-hydrogen) atoms. The smallest absolute Gasteiger partial charge is 0.129 e. The average Bonchev–Trinajstić information content (AvgIpc) is 2.73. The third kappa shape index (κ3) is 2.63. The quantitative estimate of drug-likeness (QED) is 0.648. The minimum atomic E-state index is 0.298. The first-order valence-corrected chi connectivity index (χ1v) is 7.56. The van der Waals surface area contributed by atoms with Gasteiger partial charge >= 0.3 is 0 Å². The van der Waals surface area contributed by atoms with Crippen molar-refractivity contribution < 1.29 is 4.74 Å². The van der Waals surface area contributed by atoms with E-state index in [9.17, 15) is 0 Å². The van der Waals surface area contributed by atoms with Crippen molar-refractivity contribution in [3.8, 4) is 5.75 Å². The third-order valence-corrected chi connectivity index (χ3v) is 4.01. The summed E-state index contributed by atoms with van der Waals surface area (Å²) in [4.78, 5) is 0. The van der Waals surface area contributed by atoms with Gasteiger partial charge in [0.05, 0.1) is 12.1 Å². The zero-order valence-electron chi connectivity index (χ0n) is 13.3. The Labute approximate surface area is 126 Å². The number of aryl methyl sites for hydroxylation is 1. The maximum Gasteiger partial charge on any atom is 0.129 e. The van der Waals surface area contributed by atoms with Crippen LogP contribution in [-0.2, 0) is 7.05 Å². The minimum Gasteiger partial charge on any atom is -0.493 e. The van der Waals surface area contributed by atoms with E-state index < -0.39 is 0 Å². The molecule has 0 saturated carbocycles. The van der Waals surface area contributed by atoms with Gasteiger partial charge in [-0.15, -0.1) is 0 Å². The molecule has 2 heteroatoms. The Bertz CT molecular complexity index is 777. The molecule has 0 N–H and O–H groups in total. The van der Waals surface area contributed by atoms with Gasteiger partial charge < -0.3 is 9.30 Å². The Balaban J connectivity index is 2.05. The number of fused-ring (bicyclic) bond motifs is 3. The number of ether oxygens (including phenoxy) is 1. The minimum absolute atomic E-state index is 0.298. The number of hydrogen-bond acceptors (Lipinski definition) is 1. The molecule has 0 amide bonds. The normalized spacial score (nSPS) is 12.2. The first-order valence-electron chi connectivity index (χ1n) is 7.56. The van der Waals surface area contributed by atoms with Gasteiger partial charge in [-0.25, -0.2) is 0 Å². The molecular weight excluding hydrogens is 258 g/mol. The highest BCUT2D eigenvalue weighted by Crippen LogP contribution is 2.35. The van der Waals surface area contributed by atoms with Gasteiger partial charge in [0.1, 0.15) is 5.75 Å². The fraction of sp³-hybridized carbons (Fsp3) is 0.368. The fourth-order valence-corrected chi connectivity index (χ4v) is 2.76. The van der Waals surface area contributed by atoms with Gasteiger partial charge in [-0.05, 0) is 30.0 Å². The van der Waals surface area contributed by atoms with Gasteiger partial charge in [0.25, 0.3) is 0 Å². The molecule has 0 spiro atoms. The summed E-state index contributed by atoms with van der Waals surface area (Å²) in [6.45, 7) is 7.49. The SMILES string of the molecule is Cn1c2ccccc2c2c(OCCC(C)(C)C)cccc21. The largest absolute Gasteiger partial charge is 0.493 e. The lowest BCUT2D eigenvalue weighted by molar-refractivity contribution is 0.245. The van der Waals surface area contributed by atoms with Crippen LogP contribution in [0.1, 0.15) is 27.2 Å².